The molecule has 1 fully saturated rings. The molecule has 1 aromatic heterocycles. The number of piperidine rings is 1. The second-order valence-electron chi connectivity index (χ2n) is 4.95. The van der Waals surface area contributed by atoms with Gasteiger partial charge in [-0.25, -0.2) is 4.98 Å². The van der Waals surface area contributed by atoms with E-state index in [1.807, 2.05) is 0 Å². The third kappa shape index (κ3) is 3.33. The molecule has 2 rings (SSSR count). The fourth-order valence-electron chi connectivity index (χ4n) is 2.30. The van der Waals surface area contributed by atoms with Crippen molar-refractivity contribution in [2.45, 2.75) is 31.8 Å². The quantitative estimate of drug-likeness (QED) is 0.525. The molecule has 104 valence electrons. The van der Waals surface area contributed by atoms with Crippen LogP contribution < -0.4 is 5.32 Å². The minimum absolute atomic E-state index is 0.0315. The van der Waals surface area contributed by atoms with Crippen molar-refractivity contribution in [1.29, 1.82) is 0 Å². The maximum Gasteiger partial charge on any atom is 0.311 e. The Morgan fingerprint density at radius 2 is 2.32 bits per heavy atom. The highest BCUT2D eigenvalue weighted by Crippen LogP contribution is 2.27. The van der Waals surface area contributed by atoms with Crippen LogP contribution in [0.15, 0.2) is 12.1 Å². The number of nitro groups is 1. The predicted octanol–water partition coefficient (Wildman–Crippen LogP) is 2.54. The maximum atomic E-state index is 11.0. The Morgan fingerprint density at radius 1 is 1.58 bits per heavy atom. The van der Waals surface area contributed by atoms with E-state index in [1.165, 1.54) is 12.1 Å². The lowest BCUT2D eigenvalue weighted by Crippen LogP contribution is -2.42. The maximum absolute atomic E-state index is 11.0. The molecule has 1 aliphatic rings. The lowest BCUT2D eigenvalue weighted by molar-refractivity contribution is -0.384. The van der Waals surface area contributed by atoms with Crippen LogP contribution in [-0.4, -0.2) is 40.5 Å². The number of nitrogens with one attached hydrogen (secondary N) is 1. The molecule has 0 aliphatic carbocycles. The number of hydrogen-bond acceptors (Lipinski definition) is 5. The summed E-state index contributed by atoms with van der Waals surface area (Å²) in [6, 6.07) is 3.46. The van der Waals surface area contributed by atoms with Crippen LogP contribution in [-0.2, 0) is 0 Å². The van der Waals surface area contributed by atoms with Gasteiger partial charge in [0.1, 0.15) is 5.15 Å². The number of nitrogens with zero attached hydrogens (tertiary/aromatic N) is 3. The molecule has 0 amide bonds. The lowest BCUT2D eigenvalue weighted by Gasteiger charge is -2.35. The van der Waals surface area contributed by atoms with Gasteiger partial charge in [-0.15, -0.1) is 0 Å². The van der Waals surface area contributed by atoms with Gasteiger partial charge in [0, 0.05) is 24.7 Å². The van der Waals surface area contributed by atoms with Gasteiger partial charge in [0.05, 0.1) is 4.92 Å². The zero-order valence-electron chi connectivity index (χ0n) is 11.0. The summed E-state index contributed by atoms with van der Waals surface area (Å²) in [6.45, 7) is 3.11. The van der Waals surface area contributed by atoms with Crippen LogP contribution in [0.5, 0.6) is 0 Å². The molecule has 2 heterocycles. The smallest absolute Gasteiger partial charge is 0.311 e. The van der Waals surface area contributed by atoms with Crippen molar-refractivity contribution in [3.05, 3.63) is 27.4 Å². The van der Waals surface area contributed by atoms with Crippen molar-refractivity contribution in [2.75, 3.05) is 18.9 Å². The highest BCUT2D eigenvalue weighted by atomic mass is 35.5. The molecule has 0 aromatic carbocycles. The van der Waals surface area contributed by atoms with E-state index in [0.717, 1.165) is 19.4 Å². The Hall–Kier alpha value is -1.40. The number of rotatable bonds is 3. The average Bonchev–Trinajstić information content (AvgIpc) is 2.33. The summed E-state index contributed by atoms with van der Waals surface area (Å²) in [5, 5.41) is 14.4. The highest BCUT2D eigenvalue weighted by Gasteiger charge is 2.25. The molecule has 0 radical (unpaired) electrons. The van der Waals surface area contributed by atoms with Gasteiger partial charge in [0.25, 0.3) is 0 Å². The van der Waals surface area contributed by atoms with Crippen LogP contribution in [0.1, 0.15) is 19.8 Å². The van der Waals surface area contributed by atoms with Crippen LogP contribution in [0.2, 0.25) is 5.15 Å². The van der Waals surface area contributed by atoms with E-state index in [2.05, 4.69) is 29.2 Å². The van der Waals surface area contributed by atoms with E-state index in [4.69, 9.17) is 11.6 Å². The first-order chi connectivity index (χ1) is 8.97. The number of pyridine rings is 1. The number of aromatic nitrogens is 1. The van der Waals surface area contributed by atoms with Crippen molar-refractivity contribution in [3.63, 3.8) is 0 Å². The van der Waals surface area contributed by atoms with Crippen LogP contribution in [0.25, 0.3) is 0 Å². The van der Waals surface area contributed by atoms with E-state index >= 15 is 0 Å². The summed E-state index contributed by atoms with van der Waals surface area (Å²) in [5.41, 5.74) is -0.0315. The van der Waals surface area contributed by atoms with Crippen molar-refractivity contribution >= 4 is 23.1 Å². The number of anilines is 1. The Kier molecular flexibility index (Phi) is 4.21. The molecule has 2 atom stereocenters. The van der Waals surface area contributed by atoms with Gasteiger partial charge in [0.2, 0.25) is 5.82 Å². The van der Waals surface area contributed by atoms with Gasteiger partial charge in [-0.1, -0.05) is 11.6 Å². The Labute approximate surface area is 116 Å². The molecular weight excluding hydrogens is 268 g/mol. The Bertz CT molecular complexity index is 483. The highest BCUT2D eigenvalue weighted by molar-refractivity contribution is 6.29. The summed E-state index contributed by atoms with van der Waals surface area (Å²) in [6.07, 6.45) is 1.87. The first-order valence-electron chi connectivity index (χ1n) is 6.25. The van der Waals surface area contributed by atoms with Gasteiger partial charge in [-0.3, -0.25) is 10.1 Å². The van der Waals surface area contributed by atoms with Crippen LogP contribution in [0.4, 0.5) is 11.5 Å². The van der Waals surface area contributed by atoms with E-state index in [1.54, 1.807) is 0 Å². The predicted molar refractivity (Wildman–Crippen MR) is 74.6 cm³/mol. The van der Waals surface area contributed by atoms with E-state index < -0.39 is 4.92 Å². The summed E-state index contributed by atoms with van der Waals surface area (Å²) >= 11 is 5.81. The Balaban J connectivity index is 2.14. The van der Waals surface area contributed by atoms with Gasteiger partial charge in [-0.2, -0.15) is 0 Å². The van der Waals surface area contributed by atoms with Gasteiger partial charge in [0.15, 0.2) is 0 Å². The molecule has 1 saturated heterocycles. The van der Waals surface area contributed by atoms with Crippen molar-refractivity contribution in [3.8, 4) is 0 Å². The molecule has 0 spiro atoms. The Morgan fingerprint density at radius 3 is 2.95 bits per heavy atom. The largest absolute Gasteiger partial charge is 0.361 e. The first kappa shape index (κ1) is 14.0. The molecule has 0 saturated carbocycles. The minimum atomic E-state index is -0.440. The standard InChI is InChI=1S/C12H17ClN4O2/c1-8-7-9(5-6-16(8)2)14-12-10(17(18)19)3-4-11(13)15-12/h3-4,8-9H,5-7H2,1-2H3,(H,14,15). The third-order valence-corrected chi connectivity index (χ3v) is 3.80. The fourth-order valence-corrected chi connectivity index (χ4v) is 2.44. The summed E-state index contributed by atoms with van der Waals surface area (Å²) < 4.78 is 0. The molecule has 1 aliphatic heterocycles. The first-order valence-corrected chi connectivity index (χ1v) is 6.63. The van der Waals surface area contributed by atoms with Crippen LogP contribution in [0.3, 0.4) is 0 Å². The third-order valence-electron chi connectivity index (χ3n) is 3.59. The molecular formula is C12H17ClN4O2. The van der Waals surface area contributed by atoms with Gasteiger partial charge in [-0.05, 0) is 32.9 Å². The number of halogens is 1. The summed E-state index contributed by atoms with van der Waals surface area (Å²) in [7, 11) is 2.08. The van der Waals surface area contributed by atoms with E-state index in [9.17, 15) is 10.1 Å². The zero-order valence-corrected chi connectivity index (χ0v) is 11.7. The van der Waals surface area contributed by atoms with Crippen molar-refractivity contribution < 1.29 is 4.92 Å². The normalized spacial score (nSPS) is 24.2. The van der Waals surface area contributed by atoms with Crippen LogP contribution in [0, 0.1) is 10.1 Å². The molecule has 1 N–H and O–H groups in total. The lowest BCUT2D eigenvalue weighted by atomic mass is 9.99. The molecule has 1 aromatic rings. The summed E-state index contributed by atoms with van der Waals surface area (Å²) in [4.78, 5) is 16.8. The monoisotopic (exact) mass is 284 g/mol. The molecule has 7 heteroatoms. The van der Waals surface area contributed by atoms with Crippen molar-refractivity contribution in [2.24, 2.45) is 0 Å². The van der Waals surface area contributed by atoms with E-state index in [-0.39, 0.29) is 22.7 Å². The second kappa shape index (κ2) is 5.71. The molecule has 0 bridgehead atoms. The average molecular weight is 285 g/mol. The number of hydrogen-bond donors (Lipinski definition) is 1. The van der Waals surface area contributed by atoms with Crippen LogP contribution >= 0.6 is 11.6 Å². The summed E-state index contributed by atoms with van der Waals surface area (Å²) in [5.74, 6) is 0.263. The van der Waals surface area contributed by atoms with Gasteiger partial charge < -0.3 is 10.2 Å². The molecule has 6 nitrogen and oxygen atoms in total. The molecule has 19 heavy (non-hydrogen) atoms. The SMILES string of the molecule is CC1CC(Nc2nc(Cl)ccc2[N+](=O)[O-])CCN1C. The van der Waals surface area contributed by atoms with E-state index in [0.29, 0.717) is 6.04 Å². The molecule has 2 unspecified atom stereocenters. The van der Waals surface area contributed by atoms with Crippen molar-refractivity contribution in [1.82, 2.24) is 9.88 Å². The minimum Gasteiger partial charge on any atom is -0.361 e. The van der Waals surface area contributed by atoms with Gasteiger partial charge >= 0.3 is 5.69 Å². The zero-order chi connectivity index (χ0) is 14.0. The topological polar surface area (TPSA) is 71.3 Å². The second-order valence-corrected chi connectivity index (χ2v) is 5.34. The fraction of sp³-hybridized carbons (Fsp3) is 0.583. The number of likely N-dealkylation sites (tertiary alicyclic amines) is 1.